The number of nitro benzene ring substituents is 1. The monoisotopic (exact) mass is 227 g/mol. The van der Waals surface area contributed by atoms with Crippen molar-refractivity contribution in [1.29, 1.82) is 0 Å². The molecule has 0 aromatic heterocycles. The van der Waals surface area contributed by atoms with Crippen LogP contribution in [0.4, 0.5) is 5.69 Å². The molecule has 80 valence electrons. The van der Waals surface area contributed by atoms with Gasteiger partial charge in [0.2, 0.25) is 0 Å². The van der Waals surface area contributed by atoms with Crippen LogP contribution in [0.2, 0.25) is 0 Å². The lowest BCUT2D eigenvalue weighted by Gasteiger charge is -1.97. The Morgan fingerprint density at radius 1 is 1.27 bits per heavy atom. The van der Waals surface area contributed by atoms with Gasteiger partial charge in [-0.25, -0.2) is 8.42 Å². The van der Waals surface area contributed by atoms with Gasteiger partial charge < -0.3 is 0 Å². The van der Waals surface area contributed by atoms with Crippen molar-refractivity contribution < 1.29 is 13.3 Å². The number of benzene rings is 1. The average molecular weight is 227 g/mol. The van der Waals surface area contributed by atoms with E-state index in [0.717, 1.165) is 17.5 Å². The first kappa shape index (κ1) is 11.4. The first-order valence-electron chi connectivity index (χ1n) is 4.09. The molecule has 0 bridgehead atoms. The molecule has 0 N–H and O–H groups in total. The minimum Gasteiger partial charge on any atom is -0.258 e. The zero-order valence-corrected chi connectivity index (χ0v) is 8.77. The first-order chi connectivity index (χ1) is 6.97. The van der Waals surface area contributed by atoms with Crippen LogP contribution in [0.25, 0.3) is 0 Å². The molecule has 1 aromatic rings. The summed E-state index contributed by atoms with van der Waals surface area (Å²) >= 11 is 0. The summed E-state index contributed by atoms with van der Waals surface area (Å²) in [6, 6.07) is 4.76. The van der Waals surface area contributed by atoms with Gasteiger partial charge in [-0.1, -0.05) is 6.08 Å². The molecule has 0 unspecified atom stereocenters. The number of sulfone groups is 1. The summed E-state index contributed by atoms with van der Waals surface area (Å²) in [6.45, 7) is 1.59. The van der Waals surface area contributed by atoms with E-state index in [1.165, 1.54) is 18.2 Å². The molecule has 0 saturated heterocycles. The number of non-ortho nitro benzene ring substituents is 1. The highest BCUT2D eigenvalue weighted by Gasteiger charge is 2.12. The lowest BCUT2D eigenvalue weighted by Crippen LogP contribution is -1.96. The fourth-order valence-electron chi connectivity index (χ4n) is 1.02. The second kappa shape index (κ2) is 4.22. The van der Waals surface area contributed by atoms with Gasteiger partial charge >= 0.3 is 0 Å². The van der Waals surface area contributed by atoms with E-state index in [-0.39, 0.29) is 10.6 Å². The van der Waals surface area contributed by atoms with Crippen molar-refractivity contribution in [2.75, 3.05) is 0 Å². The van der Waals surface area contributed by atoms with Crippen molar-refractivity contribution in [3.8, 4) is 0 Å². The first-order valence-corrected chi connectivity index (χ1v) is 5.64. The molecule has 0 amide bonds. The fraction of sp³-hybridized carbons (Fsp3) is 0.111. The van der Waals surface area contributed by atoms with Crippen LogP contribution in [0, 0.1) is 10.1 Å². The van der Waals surface area contributed by atoms with Crippen molar-refractivity contribution in [2.45, 2.75) is 11.8 Å². The number of nitro groups is 1. The third-order valence-electron chi connectivity index (χ3n) is 1.69. The molecular formula is C9H9NO4S. The summed E-state index contributed by atoms with van der Waals surface area (Å²) < 4.78 is 22.9. The third kappa shape index (κ3) is 2.63. The minimum atomic E-state index is -3.46. The topological polar surface area (TPSA) is 77.3 Å². The molecule has 0 fully saturated rings. The van der Waals surface area contributed by atoms with Crippen molar-refractivity contribution >= 4 is 15.5 Å². The van der Waals surface area contributed by atoms with Crippen LogP contribution in [0.3, 0.4) is 0 Å². The molecule has 0 aliphatic heterocycles. The number of rotatable bonds is 3. The standard InChI is InChI=1S/C9H9NO4S/c1-2-7-15(13,14)9-5-3-8(4-6-9)10(11)12/h2-7H,1H3. The summed E-state index contributed by atoms with van der Waals surface area (Å²) in [4.78, 5) is 9.80. The van der Waals surface area contributed by atoms with Crippen LogP contribution in [-0.2, 0) is 9.84 Å². The van der Waals surface area contributed by atoms with Crippen LogP contribution in [-0.4, -0.2) is 13.3 Å². The van der Waals surface area contributed by atoms with E-state index >= 15 is 0 Å². The molecule has 0 aliphatic rings. The highest BCUT2D eigenvalue weighted by molar-refractivity contribution is 7.94. The molecule has 0 heterocycles. The second-order valence-electron chi connectivity index (χ2n) is 2.77. The SMILES string of the molecule is CC=CS(=O)(=O)c1ccc([N+](=O)[O-])cc1. The zero-order chi connectivity index (χ0) is 11.5. The maximum absolute atomic E-state index is 11.5. The molecule has 0 aliphatic carbocycles. The largest absolute Gasteiger partial charge is 0.269 e. The van der Waals surface area contributed by atoms with E-state index < -0.39 is 14.8 Å². The van der Waals surface area contributed by atoms with Gasteiger partial charge in [0, 0.05) is 17.5 Å². The number of hydrogen-bond donors (Lipinski definition) is 0. The maximum atomic E-state index is 11.5. The second-order valence-corrected chi connectivity index (χ2v) is 4.60. The Morgan fingerprint density at radius 2 is 1.80 bits per heavy atom. The van der Waals surface area contributed by atoms with Gasteiger partial charge in [-0.15, -0.1) is 0 Å². The van der Waals surface area contributed by atoms with Crippen molar-refractivity contribution in [3.63, 3.8) is 0 Å². The summed E-state index contributed by atoms with van der Waals surface area (Å²) in [5.74, 6) is 0. The average Bonchev–Trinajstić information content (AvgIpc) is 2.18. The fourth-order valence-corrected chi connectivity index (χ4v) is 2.05. The van der Waals surface area contributed by atoms with E-state index in [4.69, 9.17) is 0 Å². The van der Waals surface area contributed by atoms with Crippen molar-refractivity contribution in [2.24, 2.45) is 0 Å². The normalized spacial score (nSPS) is 11.8. The molecule has 0 spiro atoms. The van der Waals surface area contributed by atoms with Crippen LogP contribution in [0.15, 0.2) is 40.6 Å². The van der Waals surface area contributed by atoms with Gasteiger partial charge in [-0.3, -0.25) is 10.1 Å². The van der Waals surface area contributed by atoms with E-state index in [1.807, 2.05) is 0 Å². The van der Waals surface area contributed by atoms with Crippen LogP contribution >= 0.6 is 0 Å². The molecule has 0 radical (unpaired) electrons. The summed E-state index contributed by atoms with van der Waals surface area (Å²) in [5.41, 5.74) is -0.130. The Morgan fingerprint density at radius 3 is 2.20 bits per heavy atom. The highest BCUT2D eigenvalue weighted by atomic mass is 32.2. The molecule has 0 atom stereocenters. The minimum absolute atomic E-state index is 0.0474. The lowest BCUT2D eigenvalue weighted by atomic mass is 10.3. The molecule has 5 nitrogen and oxygen atoms in total. The van der Waals surface area contributed by atoms with E-state index in [2.05, 4.69) is 0 Å². The Bertz CT molecular complexity index is 487. The van der Waals surface area contributed by atoms with Gasteiger partial charge in [0.15, 0.2) is 9.84 Å². The Hall–Kier alpha value is -1.69. The summed E-state index contributed by atoms with van der Waals surface area (Å²) in [6.07, 6.45) is 1.40. The molecule has 1 aromatic carbocycles. The van der Waals surface area contributed by atoms with E-state index in [9.17, 15) is 18.5 Å². The molecular weight excluding hydrogens is 218 g/mol. The number of hydrogen-bond acceptors (Lipinski definition) is 4. The maximum Gasteiger partial charge on any atom is 0.269 e. The summed E-state index contributed by atoms with van der Waals surface area (Å²) in [7, 11) is -3.46. The van der Waals surface area contributed by atoms with Gasteiger partial charge in [-0.2, -0.15) is 0 Å². The van der Waals surface area contributed by atoms with Gasteiger partial charge in [0.1, 0.15) is 0 Å². The van der Waals surface area contributed by atoms with Gasteiger partial charge in [0.25, 0.3) is 5.69 Å². The zero-order valence-electron chi connectivity index (χ0n) is 7.95. The number of allylic oxidation sites excluding steroid dienone is 1. The third-order valence-corrected chi connectivity index (χ3v) is 3.25. The lowest BCUT2D eigenvalue weighted by molar-refractivity contribution is -0.384. The Kier molecular flexibility index (Phi) is 3.21. The predicted octanol–water partition coefficient (Wildman–Crippen LogP) is 1.90. The Balaban J connectivity index is 3.15. The van der Waals surface area contributed by atoms with E-state index in [1.54, 1.807) is 6.92 Å². The molecule has 6 heteroatoms. The molecule has 0 saturated carbocycles. The molecule has 1 rings (SSSR count). The van der Waals surface area contributed by atoms with Crippen LogP contribution < -0.4 is 0 Å². The van der Waals surface area contributed by atoms with Crippen LogP contribution in [0.5, 0.6) is 0 Å². The highest BCUT2D eigenvalue weighted by Crippen LogP contribution is 2.17. The van der Waals surface area contributed by atoms with E-state index in [0.29, 0.717) is 0 Å². The molecule has 15 heavy (non-hydrogen) atoms. The summed E-state index contributed by atoms with van der Waals surface area (Å²) in [5, 5.41) is 11.4. The smallest absolute Gasteiger partial charge is 0.258 e. The predicted molar refractivity (Wildman–Crippen MR) is 55.1 cm³/mol. The van der Waals surface area contributed by atoms with Crippen molar-refractivity contribution in [1.82, 2.24) is 0 Å². The van der Waals surface area contributed by atoms with Gasteiger partial charge in [-0.05, 0) is 19.1 Å². The number of nitrogens with zero attached hydrogens (tertiary/aromatic N) is 1. The quantitative estimate of drug-likeness (QED) is 0.583. The van der Waals surface area contributed by atoms with Gasteiger partial charge in [0.05, 0.1) is 9.82 Å². The van der Waals surface area contributed by atoms with Crippen LogP contribution in [0.1, 0.15) is 6.92 Å². The Labute approximate surface area is 87.1 Å². The van der Waals surface area contributed by atoms with Crippen molar-refractivity contribution in [3.05, 3.63) is 45.9 Å².